The first-order valence-corrected chi connectivity index (χ1v) is 8.28. The van der Waals surface area contributed by atoms with Gasteiger partial charge in [-0.05, 0) is 51.3 Å². The first-order chi connectivity index (χ1) is 11.2. The van der Waals surface area contributed by atoms with Crippen LogP contribution in [0.15, 0.2) is 24.3 Å². The van der Waals surface area contributed by atoms with E-state index in [-0.39, 0.29) is 18.6 Å². The van der Waals surface area contributed by atoms with Crippen LogP contribution in [0.25, 0.3) is 0 Å². The number of carbonyl (C=O) groups excluding carboxylic acids is 1. The van der Waals surface area contributed by atoms with E-state index >= 15 is 0 Å². The predicted molar refractivity (Wildman–Crippen MR) is 92.4 cm³/mol. The number of anilines is 1. The van der Waals surface area contributed by atoms with Crippen molar-refractivity contribution >= 4 is 17.7 Å². The Kier molecular flexibility index (Phi) is 5.70. The van der Waals surface area contributed by atoms with Crippen LogP contribution < -0.4 is 10.2 Å². The molecular weight excluding hydrogens is 308 g/mol. The van der Waals surface area contributed by atoms with Gasteiger partial charge in [-0.1, -0.05) is 12.1 Å². The molecule has 0 bridgehead atoms. The summed E-state index contributed by atoms with van der Waals surface area (Å²) in [4.78, 5) is 24.8. The van der Waals surface area contributed by atoms with Gasteiger partial charge < -0.3 is 20.1 Å². The first-order valence-electron chi connectivity index (χ1n) is 8.28. The number of nitrogens with one attached hydrogen (secondary N) is 1. The Balaban J connectivity index is 1.82. The van der Waals surface area contributed by atoms with E-state index in [1.54, 1.807) is 0 Å². The molecular formula is C18H26N2O4. The first kappa shape index (κ1) is 18.1. The highest BCUT2D eigenvalue weighted by Gasteiger charge is 2.23. The molecule has 1 saturated heterocycles. The average Bonchev–Trinajstić information content (AvgIpc) is 2.46. The van der Waals surface area contributed by atoms with Crippen LogP contribution >= 0.6 is 0 Å². The van der Waals surface area contributed by atoms with Crippen molar-refractivity contribution in [1.29, 1.82) is 0 Å². The summed E-state index contributed by atoms with van der Waals surface area (Å²) in [5.74, 6) is -0.822. The topological polar surface area (TPSA) is 78.9 Å². The van der Waals surface area contributed by atoms with Crippen LogP contribution in [0.5, 0.6) is 0 Å². The Bertz CT molecular complexity index is 570. The van der Waals surface area contributed by atoms with Crippen LogP contribution in [-0.2, 0) is 16.0 Å². The van der Waals surface area contributed by atoms with Crippen molar-refractivity contribution in [3.63, 3.8) is 0 Å². The van der Waals surface area contributed by atoms with Crippen LogP contribution in [0.1, 0.15) is 39.2 Å². The van der Waals surface area contributed by atoms with E-state index in [9.17, 15) is 9.59 Å². The molecule has 1 amide bonds. The van der Waals surface area contributed by atoms with Crippen molar-refractivity contribution in [2.45, 2.75) is 51.7 Å². The molecule has 24 heavy (non-hydrogen) atoms. The van der Waals surface area contributed by atoms with Crippen LogP contribution in [0.2, 0.25) is 0 Å². The molecule has 0 atom stereocenters. The Morgan fingerprint density at radius 3 is 2.29 bits per heavy atom. The normalized spacial score (nSPS) is 15.9. The molecule has 1 aliphatic heterocycles. The fraction of sp³-hybridized carbons (Fsp3) is 0.556. The third-order valence-corrected chi connectivity index (χ3v) is 3.87. The molecule has 1 aromatic rings. The van der Waals surface area contributed by atoms with Gasteiger partial charge in [-0.15, -0.1) is 0 Å². The molecule has 0 unspecified atom stereocenters. The van der Waals surface area contributed by atoms with E-state index in [0.717, 1.165) is 37.2 Å². The number of carbonyl (C=O) groups is 2. The third-order valence-electron chi connectivity index (χ3n) is 3.87. The minimum Gasteiger partial charge on any atom is -0.481 e. The molecule has 1 aliphatic rings. The van der Waals surface area contributed by atoms with Gasteiger partial charge in [-0.2, -0.15) is 0 Å². The largest absolute Gasteiger partial charge is 0.481 e. The van der Waals surface area contributed by atoms with Crippen molar-refractivity contribution in [2.75, 3.05) is 18.0 Å². The quantitative estimate of drug-likeness (QED) is 0.885. The molecule has 2 N–H and O–H groups in total. The van der Waals surface area contributed by atoms with Crippen LogP contribution in [0.3, 0.4) is 0 Å². The summed E-state index contributed by atoms with van der Waals surface area (Å²) in [6, 6.07) is 7.75. The summed E-state index contributed by atoms with van der Waals surface area (Å²) in [6.45, 7) is 7.24. The van der Waals surface area contributed by atoms with Crippen molar-refractivity contribution in [3.8, 4) is 0 Å². The third kappa shape index (κ3) is 5.76. The number of benzene rings is 1. The van der Waals surface area contributed by atoms with Crippen molar-refractivity contribution in [3.05, 3.63) is 29.8 Å². The summed E-state index contributed by atoms with van der Waals surface area (Å²) in [5, 5.41) is 11.7. The van der Waals surface area contributed by atoms with Gasteiger partial charge >= 0.3 is 12.1 Å². The molecule has 0 saturated carbocycles. The highest BCUT2D eigenvalue weighted by atomic mass is 16.6. The molecule has 0 aliphatic carbocycles. The number of ether oxygens (including phenoxy) is 1. The van der Waals surface area contributed by atoms with Crippen LogP contribution in [-0.4, -0.2) is 41.9 Å². The van der Waals surface area contributed by atoms with Crippen LogP contribution in [0, 0.1) is 0 Å². The zero-order valence-corrected chi connectivity index (χ0v) is 14.5. The number of hydrogen-bond donors (Lipinski definition) is 2. The predicted octanol–water partition coefficient (Wildman–Crippen LogP) is 2.81. The lowest BCUT2D eigenvalue weighted by molar-refractivity contribution is -0.136. The molecule has 132 valence electrons. The second kappa shape index (κ2) is 7.55. The summed E-state index contributed by atoms with van der Waals surface area (Å²) in [6.07, 6.45) is 1.40. The minimum absolute atomic E-state index is 0.0438. The van der Waals surface area contributed by atoms with E-state index in [4.69, 9.17) is 9.84 Å². The van der Waals surface area contributed by atoms with E-state index in [2.05, 4.69) is 10.2 Å². The van der Waals surface area contributed by atoms with Gasteiger partial charge in [0, 0.05) is 24.8 Å². The summed E-state index contributed by atoms with van der Waals surface area (Å²) < 4.78 is 5.29. The number of rotatable bonds is 4. The maximum absolute atomic E-state index is 11.8. The number of aliphatic carboxylic acids is 1. The Morgan fingerprint density at radius 2 is 1.79 bits per heavy atom. The van der Waals surface area contributed by atoms with Crippen molar-refractivity contribution < 1.29 is 19.4 Å². The molecule has 0 radical (unpaired) electrons. The van der Waals surface area contributed by atoms with E-state index in [1.165, 1.54) is 0 Å². The molecule has 6 nitrogen and oxygen atoms in total. The van der Waals surface area contributed by atoms with Gasteiger partial charge in [-0.25, -0.2) is 4.79 Å². The highest BCUT2D eigenvalue weighted by molar-refractivity contribution is 5.70. The number of amides is 1. The summed E-state index contributed by atoms with van der Waals surface area (Å²) in [5.41, 5.74) is 1.40. The monoisotopic (exact) mass is 334 g/mol. The Hall–Kier alpha value is -2.24. The number of nitrogens with zero attached hydrogens (tertiary/aromatic N) is 1. The van der Waals surface area contributed by atoms with Gasteiger partial charge in [0.25, 0.3) is 0 Å². The lowest BCUT2D eigenvalue weighted by Gasteiger charge is -2.34. The SMILES string of the molecule is CC(C)(C)OC(=O)NC1CCN(c2ccc(CC(=O)O)cc2)CC1. The van der Waals surface area contributed by atoms with Gasteiger partial charge in [-0.3, -0.25) is 4.79 Å². The van der Waals surface area contributed by atoms with Crippen molar-refractivity contribution in [1.82, 2.24) is 5.32 Å². The molecule has 0 aromatic heterocycles. The van der Waals surface area contributed by atoms with Crippen LogP contribution in [0.4, 0.5) is 10.5 Å². The summed E-state index contributed by atoms with van der Waals surface area (Å²) in [7, 11) is 0. The maximum atomic E-state index is 11.8. The van der Waals surface area contributed by atoms with Crippen molar-refractivity contribution in [2.24, 2.45) is 0 Å². The zero-order valence-electron chi connectivity index (χ0n) is 14.5. The summed E-state index contributed by atoms with van der Waals surface area (Å²) >= 11 is 0. The van der Waals surface area contributed by atoms with E-state index in [0.29, 0.717) is 0 Å². The lowest BCUT2D eigenvalue weighted by Crippen LogP contribution is -2.46. The number of carboxylic acid groups (broad SMARTS) is 1. The average molecular weight is 334 g/mol. The van der Waals surface area contributed by atoms with Gasteiger partial charge in [0.05, 0.1) is 6.42 Å². The fourth-order valence-corrected chi connectivity index (χ4v) is 2.76. The number of hydrogen-bond acceptors (Lipinski definition) is 4. The molecule has 1 fully saturated rings. The minimum atomic E-state index is -0.822. The van der Waals surface area contributed by atoms with Gasteiger partial charge in [0.15, 0.2) is 0 Å². The molecule has 6 heteroatoms. The second-order valence-corrected chi connectivity index (χ2v) is 7.14. The highest BCUT2D eigenvalue weighted by Crippen LogP contribution is 2.21. The zero-order chi connectivity index (χ0) is 17.7. The van der Waals surface area contributed by atoms with Gasteiger partial charge in [0.1, 0.15) is 5.60 Å². The van der Waals surface area contributed by atoms with Gasteiger partial charge in [0.2, 0.25) is 0 Å². The van der Waals surface area contributed by atoms with E-state index < -0.39 is 11.6 Å². The number of alkyl carbamates (subject to hydrolysis) is 1. The lowest BCUT2D eigenvalue weighted by atomic mass is 10.0. The molecule has 2 rings (SSSR count). The molecule has 1 heterocycles. The molecule has 0 spiro atoms. The van der Waals surface area contributed by atoms with E-state index in [1.807, 2.05) is 45.0 Å². The maximum Gasteiger partial charge on any atom is 0.407 e. The number of carboxylic acids is 1. The Morgan fingerprint density at radius 1 is 1.21 bits per heavy atom. The second-order valence-electron chi connectivity index (χ2n) is 7.14. The Labute approximate surface area is 142 Å². The smallest absolute Gasteiger partial charge is 0.407 e. The number of piperidine rings is 1. The fourth-order valence-electron chi connectivity index (χ4n) is 2.76. The molecule has 1 aromatic carbocycles. The standard InChI is InChI=1S/C18H26N2O4/c1-18(2,3)24-17(23)19-14-8-10-20(11-9-14)15-6-4-13(5-7-15)12-16(21)22/h4-7,14H,8-12H2,1-3H3,(H,19,23)(H,21,22).